The van der Waals surface area contributed by atoms with Gasteiger partial charge in [0.2, 0.25) is 21.8 Å². The normalized spacial score (nSPS) is 12.5. The molecule has 1 N–H and O–H groups in total. The van der Waals surface area contributed by atoms with E-state index in [2.05, 4.69) is 5.32 Å². The molecule has 0 aliphatic heterocycles. The Morgan fingerprint density at radius 2 is 1.49 bits per heavy atom. The molecule has 0 spiro atoms. The van der Waals surface area contributed by atoms with Crippen LogP contribution in [0.15, 0.2) is 78.9 Å². The Labute approximate surface area is 236 Å². The molecule has 0 radical (unpaired) electrons. The molecule has 1 unspecified atom stereocenters. The van der Waals surface area contributed by atoms with Gasteiger partial charge in [0.15, 0.2) is 0 Å². The lowest BCUT2D eigenvalue weighted by Crippen LogP contribution is -2.56. The molecular weight excluding hydrogens is 534 g/mol. The van der Waals surface area contributed by atoms with Crippen molar-refractivity contribution in [2.24, 2.45) is 0 Å². The predicted octanol–water partition coefficient (Wildman–Crippen LogP) is 4.97. The van der Waals surface area contributed by atoms with E-state index in [1.165, 1.54) is 4.90 Å². The minimum atomic E-state index is -3.85. The SMILES string of the molecule is Cc1cc(Cl)ccc1N(CC(=O)N(Cc1ccccc1)C(Cc1ccccc1)C(=O)NC(C)(C)C)S(C)(=O)=O. The van der Waals surface area contributed by atoms with Crippen LogP contribution >= 0.6 is 11.6 Å². The Morgan fingerprint density at radius 3 is 2.00 bits per heavy atom. The van der Waals surface area contributed by atoms with Crippen molar-refractivity contribution in [2.75, 3.05) is 17.1 Å². The van der Waals surface area contributed by atoms with Crippen molar-refractivity contribution in [2.45, 2.75) is 52.2 Å². The van der Waals surface area contributed by atoms with Gasteiger partial charge in [-0.2, -0.15) is 0 Å². The molecule has 3 aromatic rings. The summed E-state index contributed by atoms with van der Waals surface area (Å²) < 4.78 is 26.9. The Balaban J connectivity index is 2.07. The fraction of sp³-hybridized carbons (Fsp3) is 0.333. The Bertz CT molecular complexity index is 1390. The number of amides is 2. The maximum absolute atomic E-state index is 14.1. The average Bonchev–Trinajstić information content (AvgIpc) is 2.84. The van der Waals surface area contributed by atoms with E-state index in [0.717, 1.165) is 21.7 Å². The number of benzene rings is 3. The molecule has 0 bridgehead atoms. The molecule has 208 valence electrons. The lowest BCUT2D eigenvalue weighted by Gasteiger charge is -2.35. The number of aryl methyl sites for hydroxylation is 1. The Kier molecular flexibility index (Phi) is 9.80. The summed E-state index contributed by atoms with van der Waals surface area (Å²) in [5.41, 5.74) is 2.13. The topological polar surface area (TPSA) is 86.8 Å². The van der Waals surface area contributed by atoms with Crippen LogP contribution in [-0.4, -0.2) is 49.5 Å². The van der Waals surface area contributed by atoms with E-state index < -0.39 is 34.1 Å². The van der Waals surface area contributed by atoms with Gasteiger partial charge in [-0.3, -0.25) is 13.9 Å². The first-order valence-corrected chi connectivity index (χ1v) is 14.9. The molecule has 0 saturated carbocycles. The van der Waals surface area contributed by atoms with Crippen LogP contribution in [0.5, 0.6) is 0 Å². The molecule has 3 rings (SSSR count). The number of sulfonamides is 1. The van der Waals surface area contributed by atoms with Gasteiger partial charge in [-0.1, -0.05) is 72.3 Å². The predicted molar refractivity (Wildman–Crippen MR) is 157 cm³/mol. The average molecular weight is 570 g/mol. The van der Waals surface area contributed by atoms with Crippen LogP contribution in [0.1, 0.15) is 37.5 Å². The maximum atomic E-state index is 14.1. The number of carbonyl (C=O) groups is 2. The molecule has 0 saturated heterocycles. The molecule has 9 heteroatoms. The highest BCUT2D eigenvalue weighted by atomic mass is 35.5. The molecule has 3 aromatic carbocycles. The molecular formula is C30H36ClN3O4S. The fourth-order valence-corrected chi connectivity index (χ4v) is 5.41. The van der Waals surface area contributed by atoms with Gasteiger partial charge in [0, 0.05) is 23.5 Å². The number of nitrogens with zero attached hydrogens (tertiary/aromatic N) is 2. The summed E-state index contributed by atoms with van der Waals surface area (Å²) >= 11 is 6.10. The van der Waals surface area contributed by atoms with Crippen molar-refractivity contribution in [1.29, 1.82) is 0 Å². The summed E-state index contributed by atoms with van der Waals surface area (Å²) in [6.07, 6.45) is 1.32. The van der Waals surface area contributed by atoms with Gasteiger partial charge in [0.25, 0.3) is 0 Å². The summed E-state index contributed by atoms with van der Waals surface area (Å²) in [6, 6.07) is 22.7. The molecule has 7 nitrogen and oxygen atoms in total. The van der Waals surface area contributed by atoms with Crippen molar-refractivity contribution in [1.82, 2.24) is 10.2 Å². The fourth-order valence-electron chi connectivity index (χ4n) is 4.28. The van der Waals surface area contributed by atoms with Gasteiger partial charge in [0.05, 0.1) is 11.9 Å². The van der Waals surface area contributed by atoms with Crippen LogP contribution < -0.4 is 9.62 Å². The van der Waals surface area contributed by atoms with Gasteiger partial charge in [-0.15, -0.1) is 0 Å². The van der Waals surface area contributed by atoms with E-state index in [-0.39, 0.29) is 18.9 Å². The number of hydrogen-bond donors (Lipinski definition) is 1. The first kappa shape index (κ1) is 30.2. The van der Waals surface area contributed by atoms with Crippen molar-refractivity contribution < 1.29 is 18.0 Å². The third-order valence-corrected chi connectivity index (χ3v) is 7.43. The van der Waals surface area contributed by atoms with Gasteiger partial charge in [0.1, 0.15) is 12.6 Å². The van der Waals surface area contributed by atoms with E-state index in [1.807, 2.05) is 81.4 Å². The molecule has 1 atom stereocenters. The molecule has 0 aromatic heterocycles. The van der Waals surface area contributed by atoms with E-state index in [4.69, 9.17) is 11.6 Å². The van der Waals surface area contributed by atoms with E-state index in [0.29, 0.717) is 16.3 Å². The zero-order chi connectivity index (χ0) is 28.8. The third kappa shape index (κ3) is 8.83. The van der Waals surface area contributed by atoms with E-state index >= 15 is 0 Å². The van der Waals surface area contributed by atoms with Crippen LogP contribution in [-0.2, 0) is 32.6 Å². The Hall–Kier alpha value is -3.36. The largest absolute Gasteiger partial charge is 0.350 e. The number of halogens is 1. The molecule has 0 aliphatic carbocycles. The summed E-state index contributed by atoms with van der Waals surface area (Å²) in [6.45, 7) is 7.03. The smallest absolute Gasteiger partial charge is 0.244 e. The molecule has 0 aliphatic rings. The van der Waals surface area contributed by atoms with Crippen LogP contribution in [0, 0.1) is 6.92 Å². The monoisotopic (exact) mass is 569 g/mol. The van der Waals surface area contributed by atoms with Crippen molar-refractivity contribution in [3.8, 4) is 0 Å². The summed E-state index contributed by atoms with van der Waals surface area (Å²) in [5.74, 6) is -0.812. The van der Waals surface area contributed by atoms with Gasteiger partial charge >= 0.3 is 0 Å². The molecule has 0 heterocycles. The second-order valence-electron chi connectivity index (χ2n) is 10.7. The lowest BCUT2D eigenvalue weighted by atomic mass is 10.0. The van der Waals surface area contributed by atoms with E-state index in [1.54, 1.807) is 25.1 Å². The highest BCUT2D eigenvalue weighted by molar-refractivity contribution is 7.92. The number of hydrogen-bond acceptors (Lipinski definition) is 4. The standard InChI is InChI=1S/C30H36ClN3O4S/c1-22-18-25(31)16-17-26(22)34(39(5,37)38)21-28(35)33(20-24-14-10-7-11-15-24)27(29(36)32-30(2,3)4)19-23-12-8-6-9-13-23/h6-18,27H,19-21H2,1-5H3,(H,32,36). The summed E-state index contributed by atoms with van der Waals surface area (Å²) in [5, 5.41) is 3.47. The third-order valence-electron chi connectivity index (χ3n) is 6.07. The number of nitrogens with one attached hydrogen (secondary N) is 1. The van der Waals surface area contributed by atoms with Crippen molar-refractivity contribution in [3.05, 3.63) is 101 Å². The number of carbonyl (C=O) groups excluding carboxylic acids is 2. The van der Waals surface area contributed by atoms with Gasteiger partial charge in [-0.25, -0.2) is 8.42 Å². The quantitative estimate of drug-likeness (QED) is 0.373. The zero-order valence-corrected chi connectivity index (χ0v) is 24.6. The van der Waals surface area contributed by atoms with Crippen LogP contribution in [0.4, 0.5) is 5.69 Å². The van der Waals surface area contributed by atoms with Crippen LogP contribution in [0.2, 0.25) is 5.02 Å². The van der Waals surface area contributed by atoms with Gasteiger partial charge in [-0.05, 0) is 62.6 Å². The Morgan fingerprint density at radius 1 is 0.923 bits per heavy atom. The second-order valence-corrected chi connectivity index (χ2v) is 13.0. The highest BCUT2D eigenvalue weighted by Crippen LogP contribution is 2.26. The minimum absolute atomic E-state index is 0.131. The van der Waals surface area contributed by atoms with Crippen molar-refractivity contribution >= 4 is 39.1 Å². The zero-order valence-electron chi connectivity index (χ0n) is 23.0. The highest BCUT2D eigenvalue weighted by Gasteiger charge is 2.34. The first-order chi connectivity index (χ1) is 18.2. The van der Waals surface area contributed by atoms with Gasteiger partial charge < -0.3 is 10.2 Å². The number of rotatable bonds is 10. The lowest BCUT2D eigenvalue weighted by molar-refractivity contribution is -0.140. The molecule has 0 fully saturated rings. The summed E-state index contributed by atoms with van der Waals surface area (Å²) in [4.78, 5) is 29.2. The molecule has 39 heavy (non-hydrogen) atoms. The summed E-state index contributed by atoms with van der Waals surface area (Å²) in [7, 11) is -3.85. The first-order valence-electron chi connectivity index (χ1n) is 12.7. The van der Waals surface area contributed by atoms with E-state index in [9.17, 15) is 18.0 Å². The molecule has 2 amide bonds. The maximum Gasteiger partial charge on any atom is 0.244 e. The van der Waals surface area contributed by atoms with Crippen molar-refractivity contribution in [3.63, 3.8) is 0 Å². The minimum Gasteiger partial charge on any atom is -0.350 e. The second kappa shape index (κ2) is 12.7. The number of anilines is 1. The van der Waals surface area contributed by atoms with Crippen LogP contribution in [0.3, 0.4) is 0 Å². The van der Waals surface area contributed by atoms with Crippen LogP contribution in [0.25, 0.3) is 0 Å².